The number of hydrogen-bond donors (Lipinski definition) is 1. The molecule has 2 fully saturated rings. The van der Waals surface area contributed by atoms with Gasteiger partial charge in [0.25, 0.3) is 0 Å². The molecule has 0 bridgehead atoms. The number of rotatable bonds is 5. The zero-order valence-corrected chi connectivity index (χ0v) is 16.7. The van der Waals surface area contributed by atoms with Gasteiger partial charge in [0.2, 0.25) is 15.9 Å². The van der Waals surface area contributed by atoms with Crippen LogP contribution in [0.15, 0.2) is 29.2 Å². The van der Waals surface area contributed by atoms with E-state index in [-0.39, 0.29) is 10.6 Å². The van der Waals surface area contributed by atoms with Crippen LogP contribution in [0.3, 0.4) is 0 Å². The average molecular weight is 405 g/mol. The van der Waals surface area contributed by atoms with Gasteiger partial charge in [-0.05, 0) is 37.0 Å². The first-order valence-electron chi connectivity index (χ1n) is 9.19. The van der Waals surface area contributed by atoms with Crippen LogP contribution in [0.5, 0.6) is 0 Å². The molecule has 3 atom stereocenters. The summed E-state index contributed by atoms with van der Waals surface area (Å²) in [5.74, 6) is -2.55. The molecule has 1 aromatic carbocycles. The Balaban J connectivity index is 1.81. The predicted molar refractivity (Wildman–Crippen MR) is 100 cm³/mol. The molecule has 1 saturated heterocycles. The first kappa shape index (κ1) is 20.3. The summed E-state index contributed by atoms with van der Waals surface area (Å²) in [6, 6.07) is 7.90. The van der Waals surface area contributed by atoms with E-state index in [1.54, 1.807) is 19.1 Å². The second-order valence-corrected chi connectivity index (χ2v) is 9.15. The molecule has 1 amide bonds. The van der Waals surface area contributed by atoms with Gasteiger partial charge in [0.05, 0.1) is 24.0 Å². The van der Waals surface area contributed by atoms with Crippen LogP contribution in [0.25, 0.3) is 0 Å². The molecule has 1 saturated carbocycles. The van der Waals surface area contributed by atoms with E-state index < -0.39 is 39.2 Å². The normalized spacial score (nSPS) is 27.5. The highest BCUT2D eigenvalue weighted by atomic mass is 32.2. The third-order valence-corrected chi connectivity index (χ3v) is 7.55. The molecule has 1 heterocycles. The molecule has 0 radical (unpaired) electrons. The summed E-state index contributed by atoms with van der Waals surface area (Å²) < 4.78 is 31.8. The van der Waals surface area contributed by atoms with Gasteiger partial charge in [0.1, 0.15) is 0 Å². The number of carbonyl (C=O) groups excluding carboxylic acids is 2. The van der Waals surface area contributed by atoms with Crippen molar-refractivity contribution in [2.24, 2.45) is 17.3 Å². The third-order valence-electron chi connectivity index (χ3n) is 5.66. The first-order chi connectivity index (χ1) is 13.3. The molecule has 8 nitrogen and oxygen atoms in total. The number of hydrogen-bond acceptors (Lipinski definition) is 6. The number of nitrogens with zero attached hydrogens (tertiary/aromatic N) is 2. The number of esters is 1. The fraction of sp³-hybridized carbons (Fsp3) is 0.526. The van der Waals surface area contributed by atoms with Crippen LogP contribution >= 0.6 is 0 Å². The monoisotopic (exact) mass is 405 g/mol. The Kier molecular flexibility index (Phi) is 5.46. The molecule has 1 aromatic rings. The summed E-state index contributed by atoms with van der Waals surface area (Å²) in [7, 11) is -2.43. The second kappa shape index (κ2) is 7.53. The number of nitriles is 1. The standard InChI is InChI=1S/C19H23N3O5S/c1-13-16(17(23)27-2)19(13,12-20)18(24)21-14-7-6-8-15(11-14)28(25,26)22-9-4-3-5-10-22/h6-8,11,13,16H,3-5,9-10H2,1-2H3,(H,21,24)/t13-,16+,19+/m1/s1. The molecule has 2 aliphatic rings. The number of nitrogens with one attached hydrogen (secondary N) is 1. The van der Waals surface area contributed by atoms with Gasteiger partial charge in [0.15, 0.2) is 5.41 Å². The molecule has 1 N–H and O–H groups in total. The van der Waals surface area contributed by atoms with Crippen LogP contribution in [0.1, 0.15) is 26.2 Å². The lowest BCUT2D eigenvalue weighted by molar-refractivity contribution is -0.144. The minimum Gasteiger partial charge on any atom is -0.469 e. The van der Waals surface area contributed by atoms with Crippen LogP contribution in [-0.4, -0.2) is 44.8 Å². The Bertz CT molecular complexity index is 933. The smallest absolute Gasteiger partial charge is 0.311 e. The third kappa shape index (κ3) is 3.27. The van der Waals surface area contributed by atoms with Gasteiger partial charge in [-0.3, -0.25) is 9.59 Å². The number of ether oxygens (including phenoxy) is 1. The average Bonchev–Trinajstić information content (AvgIpc) is 3.33. The number of methoxy groups -OCH3 is 1. The van der Waals surface area contributed by atoms with Crippen LogP contribution < -0.4 is 5.32 Å². The molecule has 150 valence electrons. The molecule has 9 heteroatoms. The fourth-order valence-electron chi connectivity index (χ4n) is 3.87. The quantitative estimate of drug-likeness (QED) is 0.746. The van der Waals surface area contributed by atoms with Crippen LogP contribution in [0.2, 0.25) is 0 Å². The number of carbonyl (C=O) groups is 2. The summed E-state index contributed by atoms with van der Waals surface area (Å²) in [5.41, 5.74) is -1.24. The number of amides is 1. The number of sulfonamides is 1. The van der Waals surface area contributed by atoms with Crippen molar-refractivity contribution in [2.75, 3.05) is 25.5 Å². The molecule has 0 aromatic heterocycles. The van der Waals surface area contributed by atoms with Gasteiger partial charge in [-0.25, -0.2) is 8.42 Å². The van der Waals surface area contributed by atoms with E-state index in [2.05, 4.69) is 10.1 Å². The highest BCUT2D eigenvalue weighted by Gasteiger charge is 2.72. The summed E-state index contributed by atoms with van der Waals surface area (Å²) >= 11 is 0. The Morgan fingerprint density at radius 3 is 2.57 bits per heavy atom. The summed E-state index contributed by atoms with van der Waals surface area (Å²) in [6.45, 7) is 2.60. The van der Waals surface area contributed by atoms with E-state index in [9.17, 15) is 23.3 Å². The lowest BCUT2D eigenvalue weighted by Gasteiger charge is -2.26. The molecular weight excluding hydrogens is 382 g/mol. The van der Waals surface area contributed by atoms with E-state index in [1.165, 1.54) is 23.5 Å². The van der Waals surface area contributed by atoms with Crippen molar-refractivity contribution >= 4 is 27.6 Å². The molecule has 28 heavy (non-hydrogen) atoms. The van der Waals surface area contributed by atoms with Gasteiger partial charge in [-0.1, -0.05) is 19.4 Å². The maximum Gasteiger partial charge on any atom is 0.311 e. The van der Waals surface area contributed by atoms with Gasteiger partial charge in [0, 0.05) is 18.8 Å². The van der Waals surface area contributed by atoms with Gasteiger partial charge < -0.3 is 10.1 Å². The van der Waals surface area contributed by atoms with Crippen molar-refractivity contribution < 1.29 is 22.7 Å². The van der Waals surface area contributed by atoms with Gasteiger partial charge in [-0.15, -0.1) is 0 Å². The van der Waals surface area contributed by atoms with E-state index in [4.69, 9.17) is 0 Å². The van der Waals surface area contributed by atoms with Crippen molar-refractivity contribution in [1.82, 2.24) is 4.31 Å². The summed E-state index contributed by atoms with van der Waals surface area (Å²) in [4.78, 5) is 24.7. The van der Waals surface area contributed by atoms with Crippen molar-refractivity contribution in [3.8, 4) is 6.07 Å². The molecule has 1 aliphatic heterocycles. The minimum atomic E-state index is -3.64. The molecule has 1 aliphatic carbocycles. The lowest BCUT2D eigenvalue weighted by atomic mass is 10.0. The zero-order chi connectivity index (χ0) is 20.5. The Labute approximate surface area is 164 Å². The fourth-order valence-corrected chi connectivity index (χ4v) is 5.43. The first-order valence-corrected chi connectivity index (χ1v) is 10.6. The zero-order valence-electron chi connectivity index (χ0n) is 15.8. The number of anilines is 1. The van der Waals surface area contributed by atoms with E-state index in [0.29, 0.717) is 13.1 Å². The maximum atomic E-state index is 12.8. The number of piperidine rings is 1. The number of benzene rings is 1. The predicted octanol–water partition coefficient (Wildman–Crippen LogP) is 1.75. The van der Waals surface area contributed by atoms with Crippen LogP contribution in [0, 0.1) is 28.6 Å². The van der Waals surface area contributed by atoms with Crippen molar-refractivity contribution in [2.45, 2.75) is 31.1 Å². The summed E-state index contributed by atoms with van der Waals surface area (Å²) in [5, 5.41) is 12.1. The maximum absolute atomic E-state index is 12.8. The van der Waals surface area contributed by atoms with Gasteiger partial charge >= 0.3 is 5.97 Å². The Morgan fingerprint density at radius 1 is 1.29 bits per heavy atom. The highest BCUT2D eigenvalue weighted by Crippen LogP contribution is 2.59. The molecular formula is C19H23N3O5S. The molecule has 0 spiro atoms. The highest BCUT2D eigenvalue weighted by molar-refractivity contribution is 7.89. The molecule has 3 rings (SSSR count). The van der Waals surface area contributed by atoms with Crippen LogP contribution in [-0.2, 0) is 24.3 Å². The van der Waals surface area contributed by atoms with Crippen molar-refractivity contribution in [1.29, 1.82) is 5.26 Å². The second-order valence-electron chi connectivity index (χ2n) is 7.22. The SMILES string of the molecule is COC(=O)[C@@H]1[C@@H](C)[C@]1(C#N)C(=O)Nc1cccc(S(=O)(=O)N2CCCCC2)c1. The van der Waals surface area contributed by atoms with Crippen LogP contribution in [0.4, 0.5) is 5.69 Å². The summed E-state index contributed by atoms with van der Waals surface area (Å²) in [6.07, 6.45) is 2.66. The van der Waals surface area contributed by atoms with E-state index >= 15 is 0 Å². The minimum absolute atomic E-state index is 0.0894. The topological polar surface area (TPSA) is 117 Å². The van der Waals surface area contributed by atoms with E-state index in [1.807, 2.05) is 6.07 Å². The van der Waals surface area contributed by atoms with Crippen molar-refractivity contribution in [3.05, 3.63) is 24.3 Å². The largest absolute Gasteiger partial charge is 0.469 e. The van der Waals surface area contributed by atoms with Crippen molar-refractivity contribution in [3.63, 3.8) is 0 Å². The van der Waals surface area contributed by atoms with E-state index in [0.717, 1.165) is 19.3 Å². The Morgan fingerprint density at radius 2 is 1.96 bits per heavy atom. The lowest BCUT2D eigenvalue weighted by Crippen LogP contribution is -2.35. The molecule has 0 unspecified atom stereocenters. The van der Waals surface area contributed by atoms with Gasteiger partial charge in [-0.2, -0.15) is 9.57 Å². The Hall–Kier alpha value is -2.44.